The van der Waals surface area contributed by atoms with Crippen molar-refractivity contribution in [2.45, 2.75) is 95.8 Å². The van der Waals surface area contributed by atoms with E-state index in [2.05, 4.69) is 46.6 Å². The molecular weight excluding hydrogens is 1110 g/mol. The number of ketones is 1. The Morgan fingerprint density at radius 2 is 1.76 bits per heavy atom. The maximum atomic E-state index is 12.9. The molecule has 2 unspecified atom stereocenters. The molecule has 8 atom stereocenters. The number of halogens is 2. The molecular formula is C59H68ClFKN7O13. The van der Waals surface area contributed by atoms with E-state index in [1.54, 1.807) is 49.6 Å². The van der Waals surface area contributed by atoms with Crippen LogP contribution in [0.4, 0.5) is 20.6 Å². The number of non-ortho nitro benzene ring substituents is 1. The Hall–Kier alpha value is -5.82. The first-order valence-electron chi connectivity index (χ1n) is 27.1. The van der Waals surface area contributed by atoms with Crippen molar-refractivity contribution in [2.24, 2.45) is 33.7 Å². The first-order chi connectivity index (χ1) is 38.6. The third-order valence-corrected chi connectivity index (χ3v) is 17.5. The van der Waals surface area contributed by atoms with E-state index < -0.39 is 28.4 Å². The van der Waals surface area contributed by atoms with Crippen molar-refractivity contribution in [2.75, 3.05) is 52.7 Å². The number of allylic oxidation sites excluding steroid dienone is 4. The molecule has 5 N–H and O–H groups in total. The van der Waals surface area contributed by atoms with E-state index >= 15 is 0 Å². The molecule has 0 radical (unpaired) electrons. The van der Waals surface area contributed by atoms with Gasteiger partial charge in [0.05, 0.1) is 58.9 Å². The van der Waals surface area contributed by atoms with Gasteiger partial charge in [-0.1, -0.05) is 37.6 Å². The van der Waals surface area contributed by atoms with Crippen LogP contribution in [0, 0.1) is 44.5 Å². The number of imide groups is 1. The van der Waals surface area contributed by atoms with Crippen LogP contribution >= 0.6 is 11.6 Å². The number of nitrogens with one attached hydrogen (secondary N) is 2. The topological polar surface area (TPSA) is 282 Å². The van der Waals surface area contributed by atoms with E-state index in [9.17, 15) is 48.7 Å². The summed E-state index contributed by atoms with van der Waals surface area (Å²) in [5.74, 6) is 1.37. The van der Waals surface area contributed by atoms with Crippen molar-refractivity contribution in [3.8, 4) is 22.8 Å². The van der Waals surface area contributed by atoms with E-state index in [1.807, 2.05) is 6.08 Å². The molecule has 2 saturated carbocycles. The van der Waals surface area contributed by atoms with E-state index in [1.165, 1.54) is 49.2 Å². The number of carboxylic acid groups (broad SMARTS) is 1. The van der Waals surface area contributed by atoms with Gasteiger partial charge >= 0.3 is 57.4 Å². The maximum absolute atomic E-state index is 12.9. The van der Waals surface area contributed by atoms with Crippen LogP contribution in [0.3, 0.4) is 0 Å². The molecule has 4 aromatic rings. The van der Waals surface area contributed by atoms with Crippen LogP contribution in [-0.4, -0.2) is 121 Å². The molecule has 0 bridgehead atoms. The predicted molar refractivity (Wildman–Crippen MR) is 296 cm³/mol. The van der Waals surface area contributed by atoms with Crippen molar-refractivity contribution in [3.63, 3.8) is 0 Å². The van der Waals surface area contributed by atoms with Gasteiger partial charge in [-0.05, 0) is 153 Å². The molecule has 3 aromatic carbocycles. The number of hydrazone groups is 1. The summed E-state index contributed by atoms with van der Waals surface area (Å²) in [5, 5.41) is 43.2. The van der Waals surface area contributed by atoms with Gasteiger partial charge in [0, 0.05) is 62.9 Å². The SMILES string of the molecule is COc1cc(N)c(Cl)cc1C(=O)NC1CCN(CCCOc2ccc(F)cc2)CC1OC.C[C@]12CCC(=O)C=C1C=C[C@@H]1[C@@H]2CC[C@@]2(C)[C@H]1CC[C@@]2(O)CCC(=O)[O-].O=C1CN(N=Cc2ccc(-c3ccc([N+](=O)[O-])cc3)o2)C(=O)N1.[K+]. The minimum atomic E-state index is -1.08. The number of aliphatic carboxylic acids is 1. The van der Waals surface area contributed by atoms with Crippen LogP contribution in [0.1, 0.15) is 94.2 Å². The van der Waals surface area contributed by atoms with Crippen molar-refractivity contribution >= 4 is 58.8 Å². The van der Waals surface area contributed by atoms with Gasteiger partial charge < -0.3 is 49.6 Å². The molecule has 20 nitrogen and oxygen atoms in total. The van der Waals surface area contributed by atoms with Crippen molar-refractivity contribution in [1.29, 1.82) is 0 Å². The predicted octanol–water partition coefficient (Wildman–Crippen LogP) is 4.66. The number of amides is 4. The molecule has 4 fully saturated rings. The van der Waals surface area contributed by atoms with Gasteiger partial charge in [0.25, 0.3) is 11.6 Å². The largest absolute Gasteiger partial charge is 1.00 e. The number of hydrogen-bond acceptors (Lipinski definition) is 16. The Morgan fingerprint density at radius 3 is 2.43 bits per heavy atom. The number of nitro benzene ring substituents is 1. The summed E-state index contributed by atoms with van der Waals surface area (Å²) in [6.45, 7) is 7.24. The van der Waals surface area contributed by atoms with Crippen molar-refractivity contribution in [1.82, 2.24) is 20.5 Å². The Balaban J connectivity index is 0.000000178. The van der Waals surface area contributed by atoms with Crippen LogP contribution in [0.25, 0.3) is 11.3 Å². The molecule has 1 aromatic heterocycles. The number of urea groups is 1. The zero-order chi connectivity index (χ0) is 58.2. The second-order valence-electron chi connectivity index (χ2n) is 21.9. The number of methoxy groups -OCH3 is 2. The van der Waals surface area contributed by atoms with Crippen LogP contribution in [0.2, 0.25) is 5.02 Å². The number of carbonyl (C=O) groups excluding carboxylic acids is 5. The summed E-state index contributed by atoms with van der Waals surface area (Å²) >= 11 is 6.09. The number of nitrogen functional groups attached to an aromatic ring is 1. The van der Waals surface area contributed by atoms with E-state index in [-0.39, 0.29) is 111 Å². The van der Waals surface area contributed by atoms with Gasteiger partial charge in [-0.25, -0.2) is 14.2 Å². The number of rotatable bonds is 16. The first-order valence-corrected chi connectivity index (χ1v) is 27.4. The zero-order valence-corrected chi connectivity index (χ0v) is 50.6. The monoisotopic (exact) mass is 1180 g/mol. The number of ether oxygens (including phenoxy) is 3. The van der Waals surface area contributed by atoms with E-state index in [4.69, 9.17) is 36.0 Å². The molecule has 23 heteroatoms. The number of furan rings is 1. The Kier molecular flexibility index (Phi) is 21.5. The fourth-order valence-corrected chi connectivity index (χ4v) is 12.7. The number of carboxylic acids is 1. The number of benzene rings is 3. The van der Waals surface area contributed by atoms with Crippen LogP contribution < -0.4 is 82.3 Å². The summed E-state index contributed by atoms with van der Waals surface area (Å²) in [6.07, 6.45) is 14.3. The number of aliphatic hydroxyl groups is 1. The standard InChI is InChI=1S/C23H29ClFN3O4.C22H30O4.C14H10N4O5.K/c1-30-21-13-19(26)18(24)12-17(21)23(29)27-20-8-10-28(14-22(20)31-2)9-3-11-32-16-6-4-15(25)5-7-16;1-20-9-5-15(23)13-14(20)3-4-16-17(20)6-10-21(2)18(16)7-11-22(21,26)12-8-19(24)25;19-13-8-17(14(20)16-13)15-7-11-5-6-12(23-11)9-1-3-10(4-2-9)18(21)22;/h4-7,12-13,20,22H,3,8-11,14,26H2,1-2H3,(H,27,29);3-4,13,16-18,26H,5-12H2,1-2H3,(H,24,25);1-7H,8H2,(H,16,19,20);/q;;;+1/p-1/t;16-,17+,18+,20+,21+,22-;;/m.1../s1. The number of nitro groups is 1. The fourth-order valence-electron chi connectivity index (χ4n) is 12.6. The average molecular weight is 1180 g/mol. The van der Waals surface area contributed by atoms with Gasteiger partial charge in [0.2, 0.25) is 5.91 Å². The van der Waals surface area contributed by atoms with Crippen LogP contribution in [0.15, 0.2) is 106 Å². The number of piperidine rings is 1. The molecule has 432 valence electrons. The fraction of sp³-hybridized carbons (Fsp3) is 0.458. The number of hydrogen-bond donors (Lipinski definition) is 4. The van der Waals surface area contributed by atoms with Gasteiger partial charge in [-0.2, -0.15) is 5.10 Å². The van der Waals surface area contributed by atoms with E-state index in [0.717, 1.165) is 56.6 Å². The van der Waals surface area contributed by atoms with Crippen LogP contribution in [0.5, 0.6) is 11.5 Å². The van der Waals surface area contributed by atoms with Gasteiger partial charge in [-0.15, -0.1) is 0 Å². The third-order valence-electron chi connectivity index (χ3n) is 17.2. The number of nitrogens with two attached hydrogens (primary N) is 1. The summed E-state index contributed by atoms with van der Waals surface area (Å²) in [6, 6.07) is 17.6. The minimum absolute atomic E-state index is 0. The number of fused-ring (bicyclic) bond motifs is 5. The molecule has 4 aliphatic carbocycles. The Labute approximate surface area is 522 Å². The molecule has 2 saturated heterocycles. The summed E-state index contributed by atoms with van der Waals surface area (Å²) in [5.41, 5.74) is 7.25. The summed E-state index contributed by atoms with van der Waals surface area (Å²) in [7, 11) is 3.13. The van der Waals surface area contributed by atoms with Crippen molar-refractivity contribution < 1.29 is 114 Å². The molecule has 0 spiro atoms. The maximum Gasteiger partial charge on any atom is 1.00 e. The molecule has 3 heterocycles. The van der Waals surface area contributed by atoms with Gasteiger partial charge in [0.15, 0.2) is 5.78 Å². The smallest absolute Gasteiger partial charge is 0.550 e. The van der Waals surface area contributed by atoms with E-state index in [0.29, 0.717) is 95.0 Å². The summed E-state index contributed by atoms with van der Waals surface area (Å²) in [4.78, 5) is 70.4. The van der Waals surface area contributed by atoms with Crippen molar-refractivity contribution in [3.05, 3.63) is 129 Å². The van der Waals surface area contributed by atoms with Crippen LogP contribution in [-0.2, 0) is 19.1 Å². The normalized spacial score (nSPS) is 26.3. The quantitative estimate of drug-likeness (QED) is 0.0226. The minimum Gasteiger partial charge on any atom is -0.550 e. The molecule has 6 aliphatic rings. The third kappa shape index (κ3) is 14.7. The molecule has 2 aliphatic heterocycles. The molecule has 4 amide bonds. The number of nitrogens with zero attached hydrogens (tertiary/aromatic N) is 4. The van der Waals surface area contributed by atoms with Gasteiger partial charge in [0.1, 0.15) is 35.4 Å². The first kappa shape index (κ1) is 63.8. The Morgan fingerprint density at radius 1 is 1.02 bits per heavy atom. The second-order valence-corrected chi connectivity index (χ2v) is 22.3. The number of anilines is 1. The molecule has 10 rings (SSSR count). The summed E-state index contributed by atoms with van der Waals surface area (Å²) < 4.78 is 35.1. The average Bonchev–Trinajstić information content (AvgIpc) is 1.83. The number of likely N-dealkylation sites (tertiary alicyclic amines) is 1. The second kappa shape index (κ2) is 27.7. The molecule has 82 heavy (non-hydrogen) atoms. The Bertz CT molecular complexity index is 3090. The zero-order valence-electron chi connectivity index (χ0n) is 46.7. The van der Waals surface area contributed by atoms with Gasteiger partial charge in [-0.3, -0.25) is 29.8 Å². The number of carbonyl (C=O) groups is 5.